The van der Waals surface area contributed by atoms with Crippen LogP contribution in [0, 0.1) is 25.2 Å². The molecule has 0 radical (unpaired) electrons. The minimum atomic E-state index is 0.429. The van der Waals surface area contributed by atoms with Gasteiger partial charge in [0.15, 0.2) is 0 Å². The van der Waals surface area contributed by atoms with Crippen molar-refractivity contribution in [3.63, 3.8) is 0 Å². The number of nitrogens with zero attached hydrogens (tertiary/aromatic N) is 8. The Hall–Kier alpha value is -3.68. The van der Waals surface area contributed by atoms with Crippen LogP contribution in [0.2, 0.25) is 0 Å². The van der Waals surface area contributed by atoms with E-state index in [-0.39, 0.29) is 0 Å². The van der Waals surface area contributed by atoms with Crippen LogP contribution in [0.15, 0.2) is 34.9 Å². The van der Waals surface area contributed by atoms with E-state index in [1.54, 1.807) is 37.4 Å². The van der Waals surface area contributed by atoms with Gasteiger partial charge in [-0.15, -0.1) is 10.2 Å². The quantitative estimate of drug-likeness (QED) is 0.467. The molecule has 0 bridgehead atoms. The SMILES string of the molecule is CCC1CN(c2ncc(-c3nnc(C)o3)nc2C)CCN1C1CCN(C)CC1.N#Cc1ccc(C=O)cc1. The fourth-order valence-electron chi connectivity index (χ4n) is 5.16. The summed E-state index contributed by atoms with van der Waals surface area (Å²) in [7, 11) is 2.23. The molecule has 10 nitrogen and oxygen atoms in total. The number of aldehydes is 1. The topological polar surface area (TPSA) is 115 Å². The minimum absolute atomic E-state index is 0.429. The molecule has 0 aliphatic carbocycles. The molecular formula is C28H36N8O2. The largest absolute Gasteiger partial charge is 0.420 e. The van der Waals surface area contributed by atoms with Crippen LogP contribution < -0.4 is 4.90 Å². The molecule has 2 saturated heterocycles. The van der Waals surface area contributed by atoms with Crippen LogP contribution in [-0.2, 0) is 0 Å². The molecule has 5 rings (SSSR count). The van der Waals surface area contributed by atoms with Crippen molar-refractivity contribution in [3.05, 3.63) is 53.2 Å². The number of likely N-dealkylation sites (tertiary alicyclic amines) is 1. The van der Waals surface area contributed by atoms with Gasteiger partial charge in [0.1, 0.15) is 17.8 Å². The van der Waals surface area contributed by atoms with Crippen molar-refractivity contribution in [1.82, 2.24) is 30.0 Å². The molecule has 2 fully saturated rings. The second kappa shape index (κ2) is 12.7. The van der Waals surface area contributed by atoms with Crippen LogP contribution in [0.4, 0.5) is 5.82 Å². The number of carbonyl (C=O) groups excluding carboxylic acids is 1. The Morgan fingerprint density at radius 3 is 2.42 bits per heavy atom. The second-order valence-electron chi connectivity index (χ2n) is 9.92. The van der Waals surface area contributed by atoms with E-state index >= 15 is 0 Å². The highest BCUT2D eigenvalue weighted by atomic mass is 16.4. The molecule has 0 N–H and O–H groups in total. The zero-order chi connectivity index (χ0) is 27.1. The van der Waals surface area contributed by atoms with E-state index in [4.69, 9.17) is 14.7 Å². The third-order valence-electron chi connectivity index (χ3n) is 7.30. The highest BCUT2D eigenvalue weighted by Gasteiger charge is 2.33. The van der Waals surface area contributed by atoms with Gasteiger partial charge in [-0.2, -0.15) is 5.26 Å². The van der Waals surface area contributed by atoms with Gasteiger partial charge in [0.05, 0.1) is 23.5 Å². The summed E-state index contributed by atoms with van der Waals surface area (Å²) in [5.41, 5.74) is 2.72. The Morgan fingerprint density at radius 2 is 1.84 bits per heavy atom. The summed E-state index contributed by atoms with van der Waals surface area (Å²) in [6, 6.07) is 9.72. The van der Waals surface area contributed by atoms with Gasteiger partial charge >= 0.3 is 0 Å². The van der Waals surface area contributed by atoms with Gasteiger partial charge in [0.2, 0.25) is 5.89 Å². The summed E-state index contributed by atoms with van der Waals surface area (Å²) >= 11 is 0. The van der Waals surface area contributed by atoms with E-state index in [1.807, 2.05) is 13.0 Å². The number of hydrogen-bond donors (Lipinski definition) is 0. The zero-order valence-corrected chi connectivity index (χ0v) is 22.7. The lowest BCUT2D eigenvalue weighted by molar-refractivity contribution is 0.0700. The maximum Gasteiger partial charge on any atom is 0.267 e. The molecule has 3 aromatic rings. The number of aromatic nitrogens is 4. The van der Waals surface area contributed by atoms with Gasteiger partial charge < -0.3 is 14.2 Å². The van der Waals surface area contributed by atoms with Crippen LogP contribution in [-0.4, -0.2) is 88.1 Å². The van der Waals surface area contributed by atoms with Crippen LogP contribution in [0.5, 0.6) is 0 Å². The summed E-state index contributed by atoms with van der Waals surface area (Å²) in [5, 5.41) is 16.3. The summed E-state index contributed by atoms with van der Waals surface area (Å²) in [6.07, 6.45) is 6.23. The van der Waals surface area contributed by atoms with E-state index in [9.17, 15) is 4.79 Å². The molecule has 1 atom stereocenters. The fraction of sp³-hybridized carbons (Fsp3) is 0.500. The van der Waals surface area contributed by atoms with E-state index < -0.39 is 0 Å². The van der Waals surface area contributed by atoms with Crippen molar-refractivity contribution in [3.8, 4) is 17.7 Å². The maximum atomic E-state index is 10.1. The first kappa shape index (κ1) is 27.4. The molecule has 38 heavy (non-hydrogen) atoms. The standard InChI is InChI=1S/C20H31N7O.C8H5NO/c1-5-16-13-26(10-11-27(16)17-6-8-25(4)9-7-17)19-14(2)22-18(12-21-19)20-24-23-15(3)28-20;9-5-7-1-3-8(6-10)4-2-7/h12,16-17H,5-11,13H2,1-4H3;1-4,6H. The number of aryl methyl sites for hydroxylation is 2. The summed E-state index contributed by atoms with van der Waals surface area (Å²) in [4.78, 5) is 27.1. The van der Waals surface area contributed by atoms with E-state index in [2.05, 4.69) is 43.9 Å². The van der Waals surface area contributed by atoms with E-state index in [1.165, 1.54) is 25.9 Å². The predicted molar refractivity (Wildman–Crippen MR) is 145 cm³/mol. The van der Waals surface area contributed by atoms with Crippen molar-refractivity contribution in [2.75, 3.05) is 44.7 Å². The monoisotopic (exact) mass is 516 g/mol. The van der Waals surface area contributed by atoms with Crippen molar-refractivity contribution in [2.24, 2.45) is 0 Å². The lowest BCUT2D eigenvalue weighted by Gasteiger charge is -2.47. The molecule has 0 spiro atoms. The molecule has 0 saturated carbocycles. The normalized spacial score (nSPS) is 18.9. The van der Waals surface area contributed by atoms with Crippen molar-refractivity contribution in [2.45, 2.75) is 52.1 Å². The number of piperazine rings is 1. The van der Waals surface area contributed by atoms with Crippen molar-refractivity contribution in [1.29, 1.82) is 5.26 Å². The number of carbonyl (C=O) groups is 1. The number of piperidine rings is 1. The molecule has 1 aromatic carbocycles. The Labute approximate surface area is 224 Å². The van der Waals surface area contributed by atoms with Crippen molar-refractivity contribution >= 4 is 12.1 Å². The molecule has 1 unspecified atom stereocenters. The van der Waals surface area contributed by atoms with E-state index in [0.717, 1.165) is 49.9 Å². The van der Waals surface area contributed by atoms with Crippen LogP contribution >= 0.6 is 0 Å². The number of anilines is 1. The lowest BCUT2D eigenvalue weighted by Crippen LogP contribution is -2.58. The first-order valence-electron chi connectivity index (χ1n) is 13.2. The first-order chi connectivity index (χ1) is 18.4. The second-order valence-corrected chi connectivity index (χ2v) is 9.92. The number of benzene rings is 1. The Balaban J connectivity index is 0.000000283. The molecule has 0 amide bonds. The predicted octanol–water partition coefficient (Wildman–Crippen LogP) is 3.51. The van der Waals surface area contributed by atoms with Crippen LogP contribution in [0.1, 0.15) is 53.7 Å². The molecule has 2 aliphatic heterocycles. The first-order valence-corrected chi connectivity index (χ1v) is 13.2. The van der Waals surface area contributed by atoms with Crippen LogP contribution in [0.25, 0.3) is 11.6 Å². The fourth-order valence-corrected chi connectivity index (χ4v) is 5.16. The summed E-state index contributed by atoms with van der Waals surface area (Å²) in [5.74, 6) is 1.94. The van der Waals surface area contributed by atoms with Crippen molar-refractivity contribution < 1.29 is 9.21 Å². The molecule has 10 heteroatoms. The van der Waals surface area contributed by atoms with Gasteiger partial charge in [-0.25, -0.2) is 9.97 Å². The minimum Gasteiger partial charge on any atom is -0.420 e. The third kappa shape index (κ3) is 6.60. The van der Waals surface area contributed by atoms with Gasteiger partial charge in [-0.1, -0.05) is 19.1 Å². The van der Waals surface area contributed by atoms with E-state index in [0.29, 0.717) is 34.6 Å². The molecule has 4 heterocycles. The Morgan fingerprint density at radius 1 is 1.11 bits per heavy atom. The zero-order valence-electron chi connectivity index (χ0n) is 22.7. The highest BCUT2D eigenvalue weighted by molar-refractivity contribution is 5.74. The molecule has 200 valence electrons. The average molecular weight is 517 g/mol. The van der Waals surface area contributed by atoms with Gasteiger partial charge in [0.25, 0.3) is 5.89 Å². The summed E-state index contributed by atoms with van der Waals surface area (Å²) < 4.78 is 5.48. The Kier molecular flexibility index (Phi) is 9.15. The Bertz CT molecular complexity index is 1240. The summed E-state index contributed by atoms with van der Waals surface area (Å²) in [6.45, 7) is 11.6. The third-order valence-corrected chi connectivity index (χ3v) is 7.30. The molecule has 2 aromatic heterocycles. The highest BCUT2D eigenvalue weighted by Crippen LogP contribution is 2.27. The lowest BCUT2D eigenvalue weighted by atomic mass is 9.98. The van der Waals surface area contributed by atoms with Gasteiger partial charge in [-0.3, -0.25) is 9.69 Å². The van der Waals surface area contributed by atoms with Crippen LogP contribution in [0.3, 0.4) is 0 Å². The average Bonchev–Trinajstić information content (AvgIpc) is 3.39. The maximum absolute atomic E-state index is 10.1. The number of nitriles is 1. The van der Waals surface area contributed by atoms with Gasteiger partial charge in [-0.05, 0) is 58.5 Å². The van der Waals surface area contributed by atoms with Gasteiger partial charge in [0, 0.05) is 44.2 Å². The molecule has 2 aliphatic rings. The smallest absolute Gasteiger partial charge is 0.267 e. The number of hydrogen-bond acceptors (Lipinski definition) is 10. The number of rotatable bonds is 5. The molecular weight excluding hydrogens is 480 g/mol.